The Kier molecular flexibility index (Phi) is 3.74. The fourth-order valence-corrected chi connectivity index (χ4v) is 1.71. The lowest BCUT2D eigenvalue weighted by Gasteiger charge is -2.22. The molecule has 0 aliphatic carbocycles. The minimum Gasteiger partial charge on any atom is -0.480 e. The molecule has 0 aliphatic heterocycles. The molecule has 0 unspecified atom stereocenters. The lowest BCUT2D eigenvalue weighted by molar-refractivity contribution is -0.143. The Balaban J connectivity index is 3.03. The molecule has 1 aromatic rings. The summed E-state index contributed by atoms with van der Waals surface area (Å²) in [6, 6.07) is 0. The number of aromatic nitrogens is 2. The molecule has 0 atom stereocenters. The lowest BCUT2D eigenvalue weighted by atomic mass is 10.1. The van der Waals surface area contributed by atoms with E-state index in [9.17, 15) is 9.59 Å². The fourth-order valence-electron chi connectivity index (χ4n) is 1.71. The van der Waals surface area contributed by atoms with E-state index in [0.717, 1.165) is 0 Å². The smallest absolute Gasteiger partial charge is 0.328 e. The molecule has 0 bridgehead atoms. The Bertz CT molecular complexity index is 510. The summed E-state index contributed by atoms with van der Waals surface area (Å²) < 4.78 is 1.75. The Labute approximate surface area is 112 Å². The van der Waals surface area contributed by atoms with Gasteiger partial charge in [0.15, 0.2) is 0 Å². The monoisotopic (exact) mass is 267 g/mol. The van der Waals surface area contributed by atoms with Gasteiger partial charge >= 0.3 is 5.97 Å². The predicted molar refractivity (Wildman–Crippen MR) is 71.1 cm³/mol. The zero-order valence-corrected chi connectivity index (χ0v) is 12.2. The zero-order valence-electron chi connectivity index (χ0n) is 12.2. The Morgan fingerprint density at radius 3 is 2.16 bits per heavy atom. The highest BCUT2D eigenvalue weighted by Crippen LogP contribution is 2.18. The van der Waals surface area contributed by atoms with Crippen molar-refractivity contribution in [2.75, 3.05) is 0 Å². The van der Waals surface area contributed by atoms with E-state index in [2.05, 4.69) is 10.4 Å². The van der Waals surface area contributed by atoms with Gasteiger partial charge in [-0.2, -0.15) is 5.10 Å². The molecule has 6 heteroatoms. The molecule has 1 rings (SSSR count). The molecular formula is C13H21N3O3. The average molecular weight is 267 g/mol. The summed E-state index contributed by atoms with van der Waals surface area (Å²) in [5.41, 5.74) is -0.436. The number of carbonyl (C=O) groups is 2. The third-order valence-corrected chi connectivity index (χ3v) is 2.85. The van der Waals surface area contributed by atoms with Gasteiger partial charge in [0.05, 0.1) is 17.3 Å². The molecule has 0 saturated carbocycles. The molecule has 0 aliphatic rings. The standard InChI is InChI=1S/C13H21N3O3/c1-8-9(7-14-16(8)12(2,3)4)10(17)15-13(5,6)11(18)19/h7H,1-6H3,(H,15,17)(H,18,19). The van der Waals surface area contributed by atoms with Crippen LogP contribution in [-0.2, 0) is 10.3 Å². The normalized spacial score (nSPS) is 12.3. The topological polar surface area (TPSA) is 84.2 Å². The number of rotatable bonds is 3. The van der Waals surface area contributed by atoms with Crippen molar-refractivity contribution in [3.05, 3.63) is 17.5 Å². The Hall–Kier alpha value is -1.85. The molecular weight excluding hydrogens is 246 g/mol. The van der Waals surface area contributed by atoms with Gasteiger partial charge in [-0.05, 0) is 41.5 Å². The van der Waals surface area contributed by atoms with Gasteiger partial charge in [-0.1, -0.05) is 0 Å². The van der Waals surface area contributed by atoms with Crippen LogP contribution in [0.25, 0.3) is 0 Å². The average Bonchev–Trinajstić information content (AvgIpc) is 2.58. The highest BCUT2D eigenvalue weighted by Gasteiger charge is 2.31. The number of carbonyl (C=O) groups excluding carboxylic acids is 1. The number of carboxylic acid groups (broad SMARTS) is 1. The number of amides is 1. The number of nitrogens with one attached hydrogen (secondary N) is 1. The van der Waals surface area contributed by atoms with Crippen molar-refractivity contribution >= 4 is 11.9 Å². The van der Waals surface area contributed by atoms with E-state index in [0.29, 0.717) is 11.3 Å². The molecule has 0 spiro atoms. The van der Waals surface area contributed by atoms with E-state index in [1.54, 1.807) is 11.6 Å². The second-order valence-electron chi connectivity index (χ2n) is 6.11. The third-order valence-electron chi connectivity index (χ3n) is 2.85. The van der Waals surface area contributed by atoms with Crippen molar-refractivity contribution in [2.24, 2.45) is 0 Å². The Morgan fingerprint density at radius 2 is 1.79 bits per heavy atom. The fraction of sp³-hybridized carbons (Fsp3) is 0.615. The predicted octanol–water partition coefficient (Wildman–Crippen LogP) is 1.54. The first-order chi connectivity index (χ1) is 8.47. The molecule has 1 amide bonds. The van der Waals surface area contributed by atoms with Crippen molar-refractivity contribution in [3.63, 3.8) is 0 Å². The van der Waals surface area contributed by atoms with E-state index in [-0.39, 0.29) is 5.54 Å². The third kappa shape index (κ3) is 3.13. The Morgan fingerprint density at radius 1 is 1.26 bits per heavy atom. The summed E-state index contributed by atoms with van der Waals surface area (Å²) >= 11 is 0. The summed E-state index contributed by atoms with van der Waals surface area (Å²) in [6.45, 7) is 10.6. The van der Waals surface area contributed by atoms with Crippen molar-refractivity contribution in [1.29, 1.82) is 0 Å². The van der Waals surface area contributed by atoms with Gasteiger partial charge in [0.1, 0.15) is 5.54 Å². The second-order valence-corrected chi connectivity index (χ2v) is 6.11. The van der Waals surface area contributed by atoms with Crippen molar-refractivity contribution < 1.29 is 14.7 Å². The summed E-state index contributed by atoms with van der Waals surface area (Å²) in [7, 11) is 0. The van der Waals surface area contributed by atoms with Crippen LogP contribution in [0.1, 0.15) is 50.7 Å². The van der Waals surface area contributed by atoms with Gasteiger partial charge in [-0.25, -0.2) is 4.79 Å². The van der Waals surface area contributed by atoms with Crippen molar-refractivity contribution in [2.45, 2.75) is 52.6 Å². The maximum absolute atomic E-state index is 12.1. The van der Waals surface area contributed by atoms with Crippen LogP contribution in [0.4, 0.5) is 0 Å². The maximum atomic E-state index is 12.1. The summed E-state index contributed by atoms with van der Waals surface area (Å²) in [5.74, 6) is -1.51. The van der Waals surface area contributed by atoms with Crippen LogP contribution < -0.4 is 5.32 Å². The SMILES string of the molecule is Cc1c(C(=O)NC(C)(C)C(=O)O)cnn1C(C)(C)C. The highest BCUT2D eigenvalue weighted by atomic mass is 16.4. The highest BCUT2D eigenvalue weighted by molar-refractivity contribution is 5.98. The minimum atomic E-state index is -1.31. The number of carboxylic acids is 1. The van der Waals surface area contributed by atoms with E-state index >= 15 is 0 Å². The van der Waals surface area contributed by atoms with Gasteiger partial charge < -0.3 is 10.4 Å². The number of aliphatic carboxylic acids is 1. The number of nitrogens with zero attached hydrogens (tertiary/aromatic N) is 2. The van der Waals surface area contributed by atoms with Gasteiger partial charge in [-0.3, -0.25) is 9.48 Å². The van der Waals surface area contributed by atoms with Crippen molar-refractivity contribution in [1.82, 2.24) is 15.1 Å². The minimum absolute atomic E-state index is 0.231. The first-order valence-corrected chi connectivity index (χ1v) is 6.08. The van der Waals surface area contributed by atoms with Crippen LogP contribution in [0.3, 0.4) is 0 Å². The molecule has 0 radical (unpaired) electrons. The second kappa shape index (κ2) is 4.68. The van der Waals surface area contributed by atoms with Crippen LogP contribution in [0.5, 0.6) is 0 Å². The van der Waals surface area contributed by atoms with Crippen LogP contribution in [-0.4, -0.2) is 32.3 Å². The molecule has 6 nitrogen and oxygen atoms in total. The van der Waals surface area contributed by atoms with Gasteiger partial charge in [-0.15, -0.1) is 0 Å². The summed E-state index contributed by atoms with van der Waals surface area (Å²) in [4.78, 5) is 23.1. The van der Waals surface area contributed by atoms with Gasteiger partial charge in [0, 0.05) is 5.69 Å². The quantitative estimate of drug-likeness (QED) is 0.870. The number of hydrogen-bond acceptors (Lipinski definition) is 3. The molecule has 1 heterocycles. The molecule has 0 aromatic carbocycles. The van der Waals surface area contributed by atoms with Crippen LogP contribution in [0, 0.1) is 6.92 Å². The first kappa shape index (κ1) is 15.2. The largest absolute Gasteiger partial charge is 0.480 e. The van der Waals surface area contributed by atoms with Gasteiger partial charge in [0.2, 0.25) is 0 Å². The van der Waals surface area contributed by atoms with Gasteiger partial charge in [0.25, 0.3) is 5.91 Å². The first-order valence-electron chi connectivity index (χ1n) is 6.08. The van der Waals surface area contributed by atoms with E-state index in [1.165, 1.54) is 20.0 Å². The van der Waals surface area contributed by atoms with Crippen LogP contribution in [0.2, 0.25) is 0 Å². The maximum Gasteiger partial charge on any atom is 0.328 e. The summed E-state index contributed by atoms with van der Waals surface area (Å²) in [5, 5.41) is 15.7. The lowest BCUT2D eigenvalue weighted by Crippen LogP contribution is -2.49. The zero-order chi connectivity index (χ0) is 15.0. The molecule has 2 N–H and O–H groups in total. The van der Waals surface area contributed by atoms with Crippen LogP contribution in [0.15, 0.2) is 6.20 Å². The van der Waals surface area contributed by atoms with E-state index in [1.807, 2.05) is 20.8 Å². The van der Waals surface area contributed by atoms with Crippen molar-refractivity contribution in [3.8, 4) is 0 Å². The molecule has 0 fully saturated rings. The molecule has 19 heavy (non-hydrogen) atoms. The van der Waals surface area contributed by atoms with E-state index in [4.69, 9.17) is 5.11 Å². The molecule has 0 saturated heterocycles. The van der Waals surface area contributed by atoms with Crippen LogP contribution >= 0.6 is 0 Å². The summed E-state index contributed by atoms with van der Waals surface area (Å²) in [6.07, 6.45) is 1.47. The van der Waals surface area contributed by atoms with E-state index < -0.39 is 17.4 Å². The molecule has 1 aromatic heterocycles. The number of hydrogen-bond donors (Lipinski definition) is 2. The molecule has 106 valence electrons.